The van der Waals surface area contributed by atoms with Crippen LogP contribution in [0.3, 0.4) is 0 Å². The average molecular weight is 601 g/mol. The molecule has 4 heteroatoms. The third kappa shape index (κ3) is 6.08. The molecule has 2 aromatic heterocycles. The minimum Gasteiger partial charge on any atom is -0.294 e. The second-order valence-corrected chi connectivity index (χ2v) is 10.6. The highest BCUT2D eigenvalue weighted by atomic mass is 79.9. The fourth-order valence-corrected chi connectivity index (χ4v) is 5.43. The van der Waals surface area contributed by atoms with Crippen molar-refractivity contribution < 1.29 is 0 Å². The van der Waals surface area contributed by atoms with Crippen molar-refractivity contribution in [3.05, 3.63) is 149 Å². The molecular formula is C37H34BrN3. The Morgan fingerprint density at radius 2 is 1.46 bits per heavy atom. The molecule has 0 radical (unpaired) electrons. The molecule has 41 heavy (non-hydrogen) atoms. The van der Waals surface area contributed by atoms with Crippen LogP contribution in [-0.2, 0) is 0 Å². The monoisotopic (exact) mass is 599 g/mol. The van der Waals surface area contributed by atoms with E-state index in [-0.39, 0.29) is 5.92 Å². The van der Waals surface area contributed by atoms with E-state index in [1.54, 1.807) is 0 Å². The third-order valence-corrected chi connectivity index (χ3v) is 7.62. The van der Waals surface area contributed by atoms with Crippen molar-refractivity contribution in [3.63, 3.8) is 0 Å². The normalized spacial score (nSPS) is 12.7. The van der Waals surface area contributed by atoms with Gasteiger partial charge in [-0.05, 0) is 66.1 Å². The van der Waals surface area contributed by atoms with Crippen LogP contribution in [0.2, 0.25) is 0 Å². The minimum atomic E-state index is 0.239. The molecule has 0 amide bonds. The SMILES string of the molecule is CC.CC(=N/C(=C\C(C)c1ccccc1)c1ccccc1)c1ccc(-n2c3ccc(Br)cc3c3cccnc32)cc1. The average Bonchev–Trinajstić information content (AvgIpc) is 3.36. The first-order valence-electron chi connectivity index (χ1n) is 14.1. The molecule has 6 aromatic rings. The van der Waals surface area contributed by atoms with Gasteiger partial charge in [0.15, 0.2) is 0 Å². The van der Waals surface area contributed by atoms with Crippen LogP contribution in [0.5, 0.6) is 0 Å². The van der Waals surface area contributed by atoms with Crippen molar-refractivity contribution in [3.8, 4) is 5.69 Å². The molecule has 1 atom stereocenters. The second kappa shape index (κ2) is 12.9. The van der Waals surface area contributed by atoms with Crippen LogP contribution in [0, 0.1) is 0 Å². The minimum absolute atomic E-state index is 0.239. The number of benzene rings is 4. The highest BCUT2D eigenvalue weighted by molar-refractivity contribution is 9.10. The van der Waals surface area contributed by atoms with Crippen LogP contribution in [0.15, 0.2) is 137 Å². The Hall–Kier alpha value is -4.28. The number of aromatic nitrogens is 2. The first-order valence-corrected chi connectivity index (χ1v) is 14.9. The number of rotatable bonds is 6. The number of halogens is 1. The zero-order valence-electron chi connectivity index (χ0n) is 23.9. The molecule has 0 aliphatic rings. The van der Waals surface area contributed by atoms with Crippen LogP contribution in [-0.4, -0.2) is 15.3 Å². The van der Waals surface area contributed by atoms with Gasteiger partial charge in [0.2, 0.25) is 0 Å². The van der Waals surface area contributed by atoms with Crippen molar-refractivity contribution in [1.82, 2.24) is 9.55 Å². The lowest BCUT2D eigenvalue weighted by atomic mass is 9.98. The predicted molar refractivity (Wildman–Crippen MR) is 179 cm³/mol. The summed E-state index contributed by atoms with van der Waals surface area (Å²) in [6, 6.07) is 40.1. The van der Waals surface area contributed by atoms with Gasteiger partial charge in [-0.2, -0.15) is 0 Å². The van der Waals surface area contributed by atoms with Gasteiger partial charge in [-0.15, -0.1) is 0 Å². The molecule has 0 aliphatic carbocycles. The number of hydrogen-bond donors (Lipinski definition) is 0. The number of hydrogen-bond acceptors (Lipinski definition) is 2. The van der Waals surface area contributed by atoms with E-state index in [1.807, 2.05) is 32.2 Å². The molecule has 204 valence electrons. The van der Waals surface area contributed by atoms with E-state index in [0.717, 1.165) is 49.2 Å². The molecule has 3 nitrogen and oxygen atoms in total. The summed E-state index contributed by atoms with van der Waals surface area (Å²) >= 11 is 3.63. The lowest BCUT2D eigenvalue weighted by Crippen LogP contribution is -2.00. The van der Waals surface area contributed by atoms with Crippen molar-refractivity contribution in [2.24, 2.45) is 4.99 Å². The van der Waals surface area contributed by atoms with Gasteiger partial charge in [0.1, 0.15) is 5.65 Å². The Balaban J connectivity index is 0.00000165. The van der Waals surface area contributed by atoms with Crippen molar-refractivity contribution >= 4 is 49.3 Å². The first kappa shape index (κ1) is 28.3. The molecule has 0 aliphatic heterocycles. The van der Waals surface area contributed by atoms with Gasteiger partial charge in [-0.25, -0.2) is 4.98 Å². The summed E-state index contributed by atoms with van der Waals surface area (Å²) in [5, 5.41) is 2.32. The molecular weight excluding hydrogens is 566 g/mol. The fourth-order valence-electron chi connectivity index (χ4n) is 5.07. The van der Waals surface area contributed by atoms with E-state index in [0.29, 0.717) is 0 Å². The van der Waals surface area contributed by atoms with Crippen LogP contribution in [0.25, 0.3) is 33.3 Å². The highest BCUT2D eigenvalue weighted by Gasteiger charge is 2.14. The summed E-state index contributed by atoms with van der Waals surface area (Å²) in [5.41, 5.74) is 8.58. The molecule has 4 aromatic carbocycles. The number of fused-ring (bicyclic) bond motifs is 3. The second-order valence-electron chi connectivity index (χ2n) is 9.73. The maximum Gasteiger partial charge on any atom is 0.145 e. The van der Waals surface area contributed by atoms with Gasteiger partial charge in [0.25, 0.3) is 0 Å². The van der Waals surface area contributed by atoms with E-state index < -0.39 is 0 Å². The zero-order valence-corrected chi connectivity index (χ0v) is 25.5. The highest BCUT2D eigenvalue weighted by Crippen LogP contribution is 2.33. The molecule has 0 bridgehead atoms. The topological polar surface area (TPSA) is 30.2 Å². The number of aliphatic imine (C=N–C) groups is 1. The number of pyridine rings is 1. The van der Waals surface area contributed by atoms with E-state index in [4.69, 9.17) is 9.98 Å². The lowest BCUT2D eigenvalue weighted by molar-refractivity contribution is 0.967. The fraction of sp³-hybridized carbons (Fsp3) is 0.135. The predicted octanol–water partition coefficient (Wildman–Crippen LogP) is 10.6. The van der Waals surface area contributed by atoms with Gasteiger partial charge in [-0.3, -0.25) is 9.56 Å². The molecule has 2 heterocycles. The van der Waals surface area contributed by atoms with E-state index in [9.17, 15) is 0 Å². The quantitative estimate of drug-likeness (QED) is 0.175. The van der Waals surface area contributed by atoms with Gasteiger partial charge < -0.3 is 0 Å². The molecule has 6 rings (SSSR count). The van der Waals surface area contributed by atoms with Crippen LogP contribution >= 0.6 is 15.9 Å². The maximum absolute atomic E-state index is 5.14. The molecule has 1 unspecified atom stereocenters. The first-order chi connectivity index (χ1) is 20.1. The Morgan fingerprint density at radius 3 is 2.17 bits per heavy atom. The maximum atomic E-state index is 5.14. The van der Waals surface area contributed by atoms with Crippen molar-refractivity contribution in [2.75, 3.05) is 0 Å². The van der Waals surface area contributed by atoms with E-state index in [2.05, 4.69) is 144 Å². The molecule has 0 spiro atoms. The van der Waals surface area contributed by atoms with E-state index >= 15 is 0 Å². The van der Waals surface area contributed by atoms with Crippen molar-refractivity contribution in [1.29, 1.82) is 0 Å². The van der Waals surface area contributed by atoms with Gasteiger partial charge in [-0.1, -0.05) is 116 Å². The van der Waals surface area contributed by atoms with Crippen LogP contribution in [0.1, 0.15) is 50.3 Å². The molecule has 0 fully saturated rings. The zero-order chi connectivity index (χ0) is 28.8. The Bertz CT molecular complexity index is 1820. The number of nitrogens with zero attached hydrogens (tertiary/aromatic N) is 3. The largest absolute Gasteiger partial charge is 0.294 e. The van der Waals surface area contributed by atoms with Gasteiger partial charge in [0.05, 0.1) is 11.2 Å². The lowest BCUT2D eigenvalue weighted by Gasteiger charge is -2.12. The summed E-state index contributed by atoms with van der Waals surface area (Å²) in [6.45, 7) is 8.30. The summed E-state index contributed by atoms with van der Waals surface area (Å²) in [5.74, 6) is 0.239. The Morgan fingerprint density at radius 1 is 0.780 bits per heavy atom. The smallest absolute Gasteiger partial charge is 0.145 e. The third-order valence-electron chi connectivity index (χ3n) is 7.12. The molecule has 0 saturated carbocycles. The van der Waals surface area contributed by atoms with Crippen LogP contribution in [0.4, 0.5) is 0 Å². The Labute approximate surface area is 251 Å². The summed E-state index contributed by atoms with van der Waals surface area (Å²) in [6.07, 6.45) is 4.11. The van der Waals surface area contributed by atoms with Crippen LogP contribution < -0.4 is 0 Å². The molecule has 0 saturated heterocycles. The van der Waals surface area contributed by atoms with Gasteiger partial charge in [0, 0.05) is 38.8 Å². The van der Waals surface area contributed by atoms with E-state index in [1.165, 1.54) is 10.9 Å². The number of allylic oxidation sites excluding steroid dienone is 1. The summed E-state index contributed by atoms with van der Waals surface area (Å²) in [4.78, 5) is 9.86. The standard InChI is InChI=1S/C35H28BrN3.C2H6/c1-24(26-10-5-3-6-11-26)22-33(28-12-7-4-8-13-28)38-25(2)27-15-18-30(19-16-27)39-34-20-17-29(36)23-32(34)31-14-9-21-37-35(31)39;1-2/h3-24H,1-2H3;1-2H3/b33-22-,38-25?;. The van der Waals surface area contributed by atoms with Crippen molar-refractivity contribution in [2.45, 2.75) is 33.6 Å². The molecule has 0 N–H and O–H groups in total. The Kier molecular flexibility index (Phi) is 8.91. The van der Waals surface area contributed by atoms with Gasteiger partial charge >= 0.3 is 0 Å². The summed E-state index contributed by atoms with van der Waals surface area (Å²) < 4.78 is 3.29. The summed E-state index contributed by atoms with van der Waals surface area (Å²) in [7, 11) is 0.